The van der Waals surface area contributed by atoms with Gasteiger partial charge >= 0.3 is 0 Å². The summed E-state index contributed by atoms with van der Waals surface area (Å²) in [5.41, 5.74) is 1.54. The van der Waals surface area contributed by atoms with Crippen LogP contribution in [0.15, 0.2) is 54.9 Å². The summed E-state index contributed by atoms with van der Waals surface area (Å²) in [4.78, 5) is 32.2. The standard InChI is InChI=1S/C20H20N6O/c1-14-23-16(13-18(24-14)25-20-21-10-6-11-22-20)17-9-5-12-26(17)19(27)15-7-3-2-4-8-15/h2-4,6-8,10-11,13,17H,5,9,12H2,1H3,(H,21,22,23,24,25). The Kier molecular flexibility index (Phi) is 4.74. The van der Waals surface area contributed by atoms with E-state index in [9.17, 15) is 4.79 Å². The normalized spacial score (nSPS) is 16.3. The van der Waals surface area contributed by atoms with E-state index in [1.54, 1.807) is 18.5 Å². The van der Waals surface area contributed by atoms with Gasteiger partial charge in [0.2, 0.25) is 5.95 Å². The summed E-state index contributed by atoms with van der Waals surface area (Å²) in [7, 11) is 0. The molecule has 3 heterocycles. The largest absolute Gasteiger partial charge is 0.330 e. The highest BCUT2D eigenvalue weighted by Gasteiger charge is 2.32. The summed E-state index contributed by atoms with van der Waals surface area (Å²) in [5, 5.41) is 3.11. The molecule has 0 aliphatic carbocycles. The minimum atomic E-state index is -0.0587. The summed E-state index contributed by atoms with van der Waals surface area (Å²) in [6.45, 7) is 2.57. The first-order valence-electron chi connectivity index (χ1n) is 8.96. The quantitative estimate of drug-likeness (QED) is 0.768. The van der Waals surface area contributed by atoms with E-state index in [4.69, 9.17) is 0 Å². The average Bonchev–Trinajstić information content (AvgIpc) is 3.18. The van der Waals surface area contributed by atoms with E-state index in [-0.39, 0.29) is 11.9 Å². The van der Waals surface area contributed by atoms with Gasteiger partial charge in [0.1, 0.15) is 11.6 Å². The Morgan fingerprint density at radius 3 is 2.67 bits per heavy atom. The third kappa shape index (κ3) is 3.76. The van der Waals surface area contributed by atoms with Crippen LogP contribution in [0.25, 0.3) is 0 Å². The number of benzene rings is 1. The number of carbonyl (C=O) groups is 1. The Bertz CT molecular complexity index is 932. The van der Waals surface area contributed by atoms with E-state index < -0.39 is 0 Å². The third-order valence-corrected chi connectivity index (χ3v) is 4.54. The molecule has 0 saturated carbocycles. The molecule has 136 valence electrons. The Labute approximate surface area is 157 Å². The Hall–Kier alpha value is -3.35. The molecule has 1 aromatic carbocycles. The number of anilines is 2. The SMILES string of the molecule is Cc1nc(Nc2ncccn2)cc(C2CCCN2C(=O)c2ccccc2)n1. The lowest BCUT2D eigenvalue weighted by molar-refractivity contribution is 0.0732. The van der Waals surface area contributed by atoms with Crippen LogP contribution in [0.2, 0.25) is 0 Å². The van der Waals surface area contributed by atoms with E-state index in [1.165, 1.54) is 0 Å². The molecule has 1 N–H and O–H groups in total. The predicted octanol–water partition coefficient (Wildman–Crippen LogP) is 3.30. The van der Waals surface area contributed by atoms with Gasteiger partial charge in [0.25, 0.3) is 5.91 Å². The predicted molar refractivity (Wildman–Crippen MR) is 102 cm³/mol. The molecule has 27 heavy (non-hydrogen) atoms. The molecule has 1 fully saturated rings. The van der Waals surface area contributed by atoms with Crippen molar-refractivity contribution in [2.24, 2.45) is 0 Å². The molecule has 7 nitrogen and oxygen atoms in total. The number of likely N-dealkylation sites (tertiary alicyclic amines) is 1. The van der Waals surface area contributed by atoms with Crippen LogP contribution < -0.4 is 5.32 Å². The van der Waals surface area contributed by atoms with Gasteiger partial charge in [-0.3, -0.25) is 4.79 Å². The maximum atomic E-state index is 12.9. The number of aryl methyl sites for hydroxylation is 1. The molecular formula is C20H20N6O. The highest BCUT2D eigenvalue weighted by molar-refractivity contribution is 5.94. The van der Waals surface area contributed by atoms with Gasteiger partial charge in [-0.2, -0.15) is 0 Å². The summed E-state index contributed by atoms with van der Waals surface area (Å²) in [6, 6.07) is 13.0. The molecule has 0 bridgehead atoms. The number of amides is 1. The van der Waals surface area contributed by atoms with Crippen molar-refractivity contribution >= 4 is 17.7 Å². The Morgan fingerprint density at radius 1 is 1.11 bits per heavy atom. The third-order valence-electron chi connectivity index (χ3n) is 4.54. The first kappa shape index (κ1) is 17.1. The van der Waals surface area contributed by atoms with E-state index in [1.807, 2.05) is 48.2 Å². The summed E-state index contributed by atoms with van der Waals surface area (Å²) in [5.74, 6) is 1.79. The van der Waals surface area contributed by atoms with Crippen molar-refractivity contribution in [2.75, 3.05) is 11.9 Å². The van der Waals surface area contributed by atoms with Crippen LogP contribution in [-0.4, -0.2) is 37.3 Å². The van der Waals surface area contributed by atoms with Crippen molar-refractivity contribution < 1.29 is 4.79 Å². The number of hydrogen-bond donors (Lipinski definition) is 1. The van der Waals surface area contributed by atoms with Crippen LogP contribution in [0.1, 0.15) is 40.8 Å². The molecule has 0 radical (unpaired) electrons. The topological polar surface area (TPSA) is 83.9 Å². The molecule has 0 spiro atoms. The van der Waals surface area contributed by atoms with Gasteiger partial charge < -0.3 is 10.2 Å². The fourth-order valence-electron chi connectivity index (χ4n) is 3.37. The minimum absolute atomic E-state index is 0.0373. The number of nitrogens with one attached hydrogen (secondary N) is 1. The van der Waals surface area contributed by atoms with Gasteiger partial charge in [-0.1, -0.05) is 18.2 Å². The van der Waals surface area contributed by atoms with Crippen LogP contribution in [-0.2, 0) is 0 Å². The van der Waals surface area contributed by atoms with Gasteiger partial charge in [-0.15, -0.1) is 0 Å². The van der Waals surface area contributed by atoms with E-state index in [0.29, 0.717) is 23.2 Å². The van der Waals surface area contributed by atoms with Crippen LogP contribution in [0, 0.1) is 6.92 Å². The second kappa shape index (κ2) is 7.49. The van der Waals surface area contributed by atoms with Crippen molar-refractivity contribution in [1.82, 2.24) is 24.8 Å². The Morgan fingerprint density at radius 2 is 1.89 bits per heavy atom. The first-order chi connectivity index (χ1) is 13.2. The lowest BCUT2D eigenvalue weighted by Gasteiger charge is -2.25. The smallest absolute Gasteiger partial charge is 0.254 e. The van der Waals surface area contributed by atoms with Gasteiger partial charge in [-0.25, -0.2) is 19.9 Å². The van der Waals surface area contributed by atoms with Crippen molar-refractivity contribution in [1.29, 1.82) is 0 Å². The van der Waals surface area contributed by atoms with Gasteiger partial charge in [-0.05, 0) is 38.0 Å². The minimum Gasteiger partial charge on any atom is -0.330 e. The number of aromatic nitrogens is 4. The second-order valence-corrected chi connectivity index (χ2v) is 6.45. The van der Waals surface area contributed by atoms with Crippen molar-refractivity contribution in [3.63, 3.8) is 0 Å². The van der Waals surface area contributed by atoms with Crippen LogP contribution >= 0.6 is 0 Å². The molecule has 2 aromatic heterocycles. The van der Waals surface area contributed by atoms with Crippen molar-refractivity contribution in [2.45, 2.75) is 25.8 Å². The zero-order chi connectivity index (χ0) is 18.6. The van der Waals surface area contributed by atoms with Gasteiger partial charge in [0.15, 0.2) is 0 Å². The maximum Gasteiger partial charge on any atom is 0.254 e. The number of carbonyl (C=O) groups excluding carboxylic acids is 1. The number of nitrogens with zero attached hydrogens (tertiary/aromatic N) is 5. The monoisotopic (exact) mass is 360 g/mol. The fourth-order valence-corrected chi connectivity index (χ4v) is 3.37. The van der Waals surface area contributed by atoms with E-state index in [0.717, 1.165) is 25.1 Å². The molecule has 1 unspecified atom stereocenters. The van der Waals surface area contributed by atoms with E-state index >= 15 is 0 Å². The molecule has 1 amide bonds. The molecule has 7 heteroatoms. The zero-order valence-corrected chi connectivity index (χ0v) is 15.0. The number of rotatable bonds is 4. The highest BCUT2D eigenvalue weighted by atomic mass is 16.2. The molecule has 3 aromatic rings. The maximum absolute atomic E-state index is 12.9. The first-order valence-corrected chi connectivity index (χ1v) is 8.96. The summed E-state index contributed by atoms with van der Waals surface area (Å²) >= 11 is 0. The Balaban J connectivity index is 1.61. The molecule has 1 atom stereocenters. The van der Waals surface area contributed by atoms with Gasteiger partial charge in [0, 0.05) is 30.6 Å². The fraction of sp³-hybridized carbons (Fsp3) is 0.250. The molecular weight excluding hydrogens is 340 g/mol. The average molecular weight is 360 g/mol. The zero-order valence-electron chi connectivity index (χ0n) is 15.0. The van der Waals surface area contributed by atoms with Gasteiger partial charge in [0.05, 0.1) is 11.7 Å². The second-order valence-electron chi connectivity index (χ2n) is 6.45. The summed E-state index contributed by atoms with van der Waals surface area (Å²) in [6.07, 6.45) is 5.18. The van der Waals surface area contributed by atoms with Crippen molar-refractivity contribution in [3.05, 3.63) is 71.9 Å². The van der Waals surface area contributed by atoms with Crippen LogP contribution in [0.3, 0.4) is 0 Å². The molecule has 1 saturated heterocycles. The molecule has 1 aliphatic heterocycles. The summed E-state index contributed by atoms with van der Waals surface area (Å²) < 4.78 is 0. The molecule has 4 rings (SSSR count). The number of hydrogen-bond acceptors (Lipinski definition) is 6. The van der Waals surface area contributed by atoms with Crippen molar-refractivity contribution in [3.8, 4) is 0 Å². The highest BCUT2D eigenvalue weighted by Crippen LogP contribution is 2.33. The lowest BCUT2D eigenvalue weighted by atomic mass is 10.1. The van der Waals surface area contributed by atoms with Crippen LogP contribution in [0.4, 0.5) is 11.8 Å². The van der Waals surface area contributed by atoms with E-state index in [2.05, 4.69) is 25.3 Å². The lowest BCUT2D eigenvalue weighted by Crippen LogP contribution is -2.31. The van der Waals surface area contributed by atoms with Crippen LogP contribution in [0.5, 0.6) is 0 Å². The molecule has 1 aliphatic rings.